The standard InChI is InChI=1S/C30H31NO6/c1-34-20-36-19-26(17-25(30(33)35-2)16-21-8-4-3-5-9-21)31-29(32)23-14-12-22(13-15-23)28-18-24-10-6-7-11-27(24)37-28/h3-15,18,25-26H,16-17,19-20H2,1-2H3,(H,31,32)/t25-,26-/m0/s1. The van der Waals surface area contributed by atoms with Gasteiger partial charge in [0.05, 0.1) is 25.7 Å². The van der Waals surface area contributed by atoms with E-state index in [0.29, 0.717) is 18.4 Å². The van der Waals surface area contributed by atoms with Crippen LogP contribution in [-0.2, 0) is 25.4 Å². The Kier molecular flexibility index (Phi) is 9.08. The van der Waals surface area contributed by atoms with Gasteiger partial charge in [0, 0.05) is 23.6 Å². The Bertz CT molecular complexity index is 1270. The lowest BCUT2D eigenvalue weighted by Crippen LogP contribution is -2.41. The second-order valence-corrected chi connectivity index (χ2v) is 8.82. The molecular formula is C30H31NO6. The van der Waals surface area contributed by atoms with Crippen LogP contribution in [0.5, 0.6) is 0 Å². The van der Waals surface area contributed by atoms with Crippen molar-refractivity contribution in [2.45, 2.75) is 18.9 Å². The Hall–Kier alpha value is -3.94. The molecule has 7 nitrogen and oxygen atoms in total. The molecule has 1 N–H and O–H groups in total. The quantitative estimate of drug-likeness (QED) is 0.162. The first-order valence-electron chi connectivity index (χ1n) is 12.2. The summed E-state index contributed by atoms with van der Waals surface area (Å²) in [4.78, 5) is 25.7. The van der Waals surface area contributed by atoms with Crippen LogP contribution < -0.4 is 5.32 Å². The number of nitrogens with one attached hydrogen (secondary N) is 1. The van der Waals surface area contributed by atoms with E-state index in [2.05, 4.69) is 5.32 Å². The van der Waals surface area contributed by atoms with Gasteiger partial charge in [0.1, 0.15) is 18.1 Å². The highest BCUT2D eigenvalue weighted by atomic mass is 16.7. The first-order chi connectivity index (χ1) is 18.1. The molecule has 3 aromatic carbocycles. The molecule has 0 bridgehead atoms. The number of carbonyl (C=O) groups excluding carboxylic acids is 2. The summed E-state index contributed by atoms with van der Waals surface area (Å²) in [6, 6.07) is 26.3. The highest BCUT2D eigenvalue weighted by molar-refractivity contribution is 5.95. The van der Waals surface area contributed by atoms with E-state index in [-0.39, 0.29) is 25.3 Å². The van der Waals surface area contributed by atoms with E-state index in [1.165, 1.54) is 14.2 Å². The van der Waals surface area contributed by atoms with E-state index in [1.807, 2.05) is 72.8 Å². The molecule has 0 aliphatic carbocycles. The van der Waals surface area contributed by atoms with Gasteiger partial charge < -0.3 is 23.9 Å². The summed E-state index contributed by atoms with van der Waals surface area (Å²) >= 11 is 0. The molecule has 7 heteroatoms. The van der Waals surface area contributed by atoms with E-state index in [1.54, 1.807) is 12.1 Å². The molecule has 0 spiro atoms. The van der Waals surface area contributed by atoms with Crippen LogP contribution in [0, 0.1) is 5.92 Å². The Morgan fingerprint density at radius 2 is 1.65 bits per heavy atom. The maximum absolute atomic E-state index is 13.1. The highest BCUT2D eigenvalue weighted by Gasteiger charge is 2.26. The monoisotopic (exact) mass is 501 g/mol. The molecule has 0 saturated carbocycles. The molecule has 192 valence electrons. The van der Waals surface area contributed by atoms with Gasteiger partial charge in [-0.3, -0.25) is 9.59 Å². The van der Waals surface area contributed by atoms with Gasteiger partial charge in [0.2, 0.25) is 0 Å². The van der Waals surface area contributed by atoms with Gasteiger partial charge in [-0.2, -0.15) is 0 Å². The van der Waals surface area contributed by atoms with Crippen molar-refractivity contribution >= 4 is 22.8 Å². The molecule has 2 atom stereocenters. The number of benzene rings is 3. The van der Waals surface area contributed by atoms with Crippen LogP contribution in [0.4, 0.5) is 0 Å². The number of hydrogen-bond acceptors (Lipinski definition) is 6. The first-order valence-corrected chi connectivity index (χ1v) is 12.2. The van der Waals surface area contributed by atoms with Gasteiger partial charge in [0.25, 0.3) is 5.91 Å². The van der Waals surface area contributed by atoms with Crippen molar-refractivity contribution in [3.05, 3.63) is 96.1 Å². The van der Waals surface area contributed by atoms with E-state index in [9.17, 15) is 9.59 Å². The molecule has 4 rings (SSSR count). The number of fused-ring (bicyclic) bond motifs is 1. The van der Waals surface area contributed by atoms with Crippen molar-refractivity contribution in [1.82, 2.24) is 5.32 Å². The molecule has 1 amide bonds. The van der Waals surface area contributed by atoms with Crippen LogP contribution >= 0.6 is 0 Å². The topological polar surface area (TPSA) is 87.0 Å². The van der Waals surface area contributed by atoms with Gasteiger partial charge in [-0.25, -0.2) is 0 Å². The molecule has 1 heterocycles. The Morgan fingerprint density at radius 1 is 0.919 bits per heavy atom. The highest BCUT2D eigenvalue weighted by Crippen LogP contribution is 2.28. The maximum Gasteiger partial charge on any atom is 0.309 e. The van der Waals surface area contributed by atoms with Crippen LogP contribution in [-0.4, -0.2) is 45.5 Å². The zero-order valence-corrected chi connectivity index (χ0v) is 21.0. The summed E-state index contributed by atoms with van der Waals surface area (Å²) in [5, 5.41) is 4.04. The summed E-state index contributed by atoms with van der Waals surface area (Å²) in [7, 11) is 2.91. The molecule has 37 heavy (non-hydrogen) atoms. The number of carbonyl (C=O) groups is 2. The van der Waals surface area contributed by atoms with Crippen molar-refractivity contribution in [2.75, 3.05) is 27.6 Å². The van der Waals surface area contributed by atoms with Crippen LogP contribution in [0.1, 0.15) is 22.3 Å². The fourth-order valence-corrected chi connectivity index (χ4v) is 4.29. The van der Waals surface area contributed by atoms with E-state index in [0.717, 1.165) is 27.9 Å². The van der Waals surface area contributed by atoms with Gasteiger partial charge in [0.15, 0.2) is 0 Å². The predicted molar refractivity (Wildman–Crippen MR) is 141 cm³/mol. The predicted octanol–water partition coefficient (Wildman–Crippen LogP) is 5.24. The Labute approximate surface area is 216 Å². The number of hydrogen-bond donors (Lipinski definition) is 1. The summed E-state index contributed by atoms with van der Waals surface area (Å²) < 4.78 is 21.5. The molecule has 0 radical (unpaired) electrons. The molecule has 0 aliphatic heterocycles. The number of rotatable bonds is 12. The second-order valence-electron chi connectivity index (χ2n) is 8.82. The van der Waals surface area contributed by atoms with Gasteiger partial charge in [-0.15, -0.1) is 0 Å². The third kappa shape index (κ3) is 7.06. The SMILES string of the molecule is COCOC[C@H](C[C@H](Cc1ccccc1)C(=O)OC)NC(=O)c1ccc(-c2cc3ccccc3o2)cc1. The maximum atomic E-state index is 13.1. The van der Waals surface area contributed by atoms with Gasteiger partial charge >= 0.3 is 5.97 Å². The minimum absolute atomic E-state index is 0.0835. The third-order valence-electron chi connectivity index (χ3n) is 6.14. The number of esters is 1. The number of methoxy groups -OCH3 is 2. The average molecular weight is 502 g/mol. The molecular weight excluding hydrogens is 470 g/mol. The van der Waals surface area contributed by atoms with Crippen molar-refractivity contribution in [3.8, 4) is 11.3 Å². The summed E-state index contributed by atoms with van der Waals surface area (Å²) in [6.07, 6.45) is 0.852. The zero-order valence-electron chi connectivity index (χ0n) is 21.0. The molecule has 4 aromatic rings. The van der Waals surface area contributed by atoms with Crippen LogP contribution in [0.25, 0.3) is 22.3 Å². The summed E-state index contributed by atoms with van der Waals surface area (Å²) in [5.41, 5.74) is 3.20. The third-order valence-corrected chi connectivity index (χ3v) is 6.14. The second kappa shape index (κ2) is 12.9. The van der Waals surface area contributed by atoms with Gasteiger partial charge in [-0.05, 0) is 42.7 Å². The summed E-state index contributed by atoms with van der Waals surface area (Å²) in [5.74, 6) is -0.296. The Balaban J connectivity index is 1.46. The van der Waals surface area contributed by atoms with Crippen LogP contribution in [0.15, 0.2) is 89.3 Å². The molecule has 0 unspecified atom stereocenters. The Morgan fingerprint density at radius 3 is 2.35 bits per heavy atom. The van der Waals surface area contributed by atoms with Crippen LogP contribution in [0.2, 0.25) is 0 Å². The molecule has 0 fully saturated rings. The van der Waals surface area contributed by atoms with Crippen molar-refractivity contribution in [1.29, 1.82) is 0 Å². The van der Waals surface area contributed by atoms with E-state index >= 15 is 0 Å². The molecule has 0 saturated heterocycles. The number of ether oxygens (including phenoxy) is 3. The van der Waals surface area contributed by atoms with Crippen LogP contribution in [0.3, 0.4) is 0 Å². The number of amides is 1. The number of furan rings is 1. The largest absolute Gasteiger partial charge is 0.469 e. The zero-order chi connectivity index (χ0) is 26.0. The minimum Gasteiger partial charge on any atom is -0.469 e. The van der Waals surface area contributed by atoms with Gasteiger partial charge in [-0.1, -0.05) is 60.7 Å². The van der Waals surface area contributed by atoms with Crippen molar-refractivity contribution < 1.29 is 28.2 Å². The first kappa shape index (κ1) is 26.1. The molecule has 0 aliphatic rings. The average Bonchev–Trinajstić information content (AvgIpc) is 3.37. The lowest BCUT2D eigenvalue weighted by atomic mass is 9.92. The van der Waals surface area contributed by atoms with Crippen molar-refractivity contribution in [2.24, 2.45) is 5.92 Å². The minimum atomic E-state index is -0.445. The normalized spacial score (nSPS) is 12.7. The molecule has 1 aromatic heterocycles. The van der Waals surface area contributed by atoms with E-state index in [4.69, 9.17) is 18.6 Å². The van der Waals surface area contributed by atoms with Crippen molar-refractivity contribution in [3.63, 3.8) is 0 Å². The summed E-state index contributed by atoms with van der Waals surface area (Å²) in [6.45, 7) is 0.277. The van der Waals surface area contributed by atoms with E-state index < -0.39 is 12.0 Å². The lowest BCUT2D eigenvalue weighted by molar-refractivity contribution is -0.146. The fourth-order valence-electron chi connectivity index (χ4n) is 4.29. The lowest BCUT2D eigenvalue weighted by Gasteiger charge is -2.23. The smallest absolute Gasteiger partial charge is 0.309 e. The number of para-hydroxylation sites is 1. The fraction of sp³-hybridized carbons (Fsp3) is 0.267.